The van der Waals surface area contributed by atoms with E-state index in [9.17, 15) is 9.59 Å². The van der Waals surface area contributed by atoms with Crippen molar-refractivity contribution in [1.82, 2.24) is 14.4 Å². The molecule has 0 spiro atoms. The summed E-state index contributed by atoms with van der Waals surface area (Å²) < 4.78 is 7.65. The van der Waals surface area contributed by atoms with Crippen LogP contribution in [0.25, 0.3) is 10.9 Å². The Morgan fingerprint density at radius 3 is 2.50 bits per heavy atom. The van der Waals surface area contributed by atoms with Gasteiger partial charge in [0.15, 0.2) is 0 Å². The standard InChI is InChI=1S/C28H35N3O3/c1-28(2,3)34-27(33)29(4)17-22-13-10-16-30(19-22)26(32)24-20-31(18-21-11-6-5-7-12-21)25-15-9-8-14-23(24)25/h5-9,11-12,14-15,20,22H,10,13,16-19H2,1-4H3/t22-/m0/s1. The summed E-state index contributed by atoms with van der Waals surface area (Å²) in [5.41, 5.74) is 2.49. The van der Waals surface area contributed by atoms with E-state index < -0.39 is 5.60 Å². The lowest BCUT2D eigenvalue weighted by Gasteiger charge is -2.35. The molecule has 1 saturated heterocycles. The van der Waals surface area contributed by atoms with Gasteiger partial charge in [-0.1, -0.05) is 48.5 Å². The van der Waals surface area contributed by atoms with Gasteiger partial charge in [0.2, 0.25) is 0 Å². The molecule has 6 heteroatoms. The van der Waals surface area contributed by atoms with Gasteiger partial charge in [-0.15, -0.1) is 0 Å². The quantitative estimate of drug-likeness (QED) is 0.511. The molecule has 4 rings (SSSR count). The summed E-state index contributed by atoms with van der Waals surface area (Å²) in [7, 11) is 1.77. The summed E-state index contributed by atoms with van der Waals surface area (Å²) in [6.45, 7) is 8.29. The van der Waals surface area contributed by atoms with Crippen molar-refractivity contribution in [3.8, 4) is 0 Å². The van der Waals surface area contributed by atoms with E-state index in [1.165, 1.54) is 5.56 Å². The van der Waals surface area contributed by atoms with Gasteiger partial charge >= 0.3 is 6.09 Å². The maximum absolute atomic E-state index is 13.6. The molecule has 34 heavy (non-hydrogen) atoms. The average Bonchev–Trinajstić information content (AvgIpc) is 3.17. The van der Waals surface area contributed by atoms with E-state index in [1.54, 1.807) is 11.9 Å². The fourth-order valence-electron chi connectivity index (χ4n) is 4.70. The van der Waals surface area contributed by atoms with Crippen LogP contribution in [0.3, 0.4) is 0 Å². The van der Waals surface area contributed by atoms with Crippen LogP contribution in [-0.2, 0) is 11.3 Å². The lowest BCUT2D eigenvalue weighted by molar-refractivity contribution is 0.0244. The van der Waals surface area contributed by atoms with E-state index >= 15 is 0 Å². The SMILES string of the molecule is CN(C[C@@H]1CCCN(C(=O)c2cn(Cc3ccccc3)c3ccccc23)C1)C(=O)OC(C)(C)C. The van der Waals surface area contributed by atoms with Gasteiger partial charge in [-0.05, 0) is 51.2 Å². The highest BCUT2D eigenvalue weighted by atomic mass is 16.6. The predicted octanol–water partition coefficient (Wildman–Crippen LogP) is 5.41. The number of nitrogens with zero attached hydrogens (tertiary/aromatic N) is 3. The maximum atomic E-state index is 13.6. The summed E-state index contributed by atoms with van der Waals surface area (Å²) >= 11 is 0. The number of ether oxygens (including phenoxy) is 1. The molecule has 1 aromatic heterocycles. The smallest absolute Gasteiger partial charge is 0.410 e. The molecule has 0 saturated carbocycles. The van der Waals surface area contributed by atoms with Crippen molar-refractivity contribution in [2.45, 2.75) is 45.8 Å². The number of aromatic nitrogens is 1. The lowest BCUT2D eigenvalue weighted by Crippen LogP contribution is -2.45. The Hall–Kier alpha value is -3.28. The number of likely N-dealkylation sites (tertiary alicyclic amines) is 1. The fourth-order valence-corrected chi connectivity index (χ4v) is 4.70. The van der Waals surface area contributed by atoms with Crippen molar-refractivity contribution in [1.29, 1.82) is 0 Å². The number of hydrogen-bond acceptors (Lipinski definition) is 3. The summed E-state index contributed by atoms with van der Waals surface area (Å²) in [4.78, 5) is 29.6. The first kappa shape index (κ1) is 23.9. The Balaban J connectivity index is 1.49. The van der Waals surface area contributed by atoms with Crippen LogP contribution in [-0.4, -0.2) is 58.7 Å². The highest BCUT2D eigenvalue weighted by Crippen LogP contribution is 2.26. The Morgan fingerprint density at radius 2 is 1.76 bits per heavy atom. The molecule has 2 amide bonds. The summed E-state index contributed by atoms with van der Waals surface area (Å²) in [5, 5.41) is 0.983. The van der Waals surface area contributed by atoms with Gasteiger partial charge < -0.3 is 19.1 Å². The molecule has 0 aliphatic carbocycles. The fraction of sp³-hybridized carbons (Fsp3) is 0.429. The van der Waals surface area contributed by atoms with Crippen LogP contribution in [0.4, 0.5) is 4.79 Å². The van der Waals surface area contributed by atoms with Crippen molar-refractivity contribution < 1.29 is 14.3 Å². The number of benzene rings is 2. The Kier molecular flexibility index (Phi) is 6.96. The van der Waals surface area contributed by atoms with Crippen molar-refractivity contribution in [3.05, 3.63) is 71.9 Å². The molecular formula is C28H35N3O3. The van der Waals surface area contributed by atoms with Crippen LogP contribution in [0.15, 0.2) is 60.8 Å². The van der Waals surface area contributed by atoms with Crippen LogP contribution in [0, 0.1) is 5.92 Å². The largest absolute Gasteiger partial charge is 0.444 e. The van der Waals surface area contributed by atoms with Gasteiger partial charge in [0.25, 0.3) is 5.91 Å². The van der Waals surface area contributed by atoms with E-state index in [4.69, 9.17) is 4.74 Å². The second kappa shape index (κ2) is 9.92. The van der Waals surface area contributed by atoms with E-state index in [2.05, 4.69) is 22.8 Å². The van der Waals surface area contributed by atoms with E-state index in [0.29, 0.717) is 13.1 Å². The number of para-hydroxylation sites is 1. The number of piperidine rings is 1. The number of hydrogen-bond donors (Lipinski definition) is 0. The Morgan fingerprint density at radius 1 is 1.06 bits per heavy atom. The highest BCUT2D eigenvalue weighted by molar-refractivity contribution is 6.07. The average molecular weight is 462 g/mol. The van der Waals surface area contributed by atoms with E-state index in [0.717, 1.165) is 42.4 Å². The Labute approximate surface area is 202 Å². The minimum absolute atomic E-state index is 0.0626. The van der Waals surface area contributed by atoms with Crippen molar-refractivity contribution in [2.24, 2.45) is 5.92 Å². The zero-order valence-electron chi connectivity index (χ0n) is 20.7. The second-order valence-corrected chi connectivity index (χ2v) is 10.3. The normalized spacial score (nSPS) is 16.5. The van der Waals surface area contributed by atoms with Gasteiger partial charge in [0, 0.05) is 50.3 Å². The number of fused-ring (bicyclic) bond motifs is 1. The van der Waals surface area contributed by atoms with E-state index in [1.807, 2.05) is 68.3 Å². The molecule has 1 aliphatic heterocycles. The third-order valence-corrected chi connectivity index (χ3v) is 6.26. The monoisotopic (exact) mass is 461 g/mol. The molecule has 180 valence electrons. The molecular weight excluding hydrogens is 426 g/mol. The van der Waals surface area contributed by atoms with Crippen LogP contribution < -0.4 is 0 Å². The molecule has 0 radical (unpaired) electrons. The number of rotatable bonds is 5. The molecule has 1 aliphatic rings. The van der Waals surface area contributed by atoms with E-state index in [-0.39, 0.29) is 17.9 Å². The van der Waals surface area contributed by atoms with Crippen LogP contribution in [0.5, 0.6) is 0 Å². The second-order valence-electron chi connectivity index (χ2n) is 10.3. The zero-order valence-corrected chi connectivity index (χ0v) is 20.7. The lowest BCUT2D eigenvalue weighted by atomic mass is 9.97. The minimum atomic E-state index is -0.520. The van der Waals surface area contributed by atoms with Gasteiger partial charge in [-0.2, -0.15) is 0 Å². The van der Waals surface area contributed by atoms with Crippen LogP contribution in [0.2, 0.25) is 0 Å². The topological polar surface area (TPSA) is 54.8 Å². The number of carbonyl (C=O) groups excluding carboxylic acids is 2. The van der Waals surface area contributed by atoms with Gasteiger partial charge in [-0.25, -0.2) is 4.79 Å². The Bertz CT molecular complexity index is 1150. The number of amides is 2. The third kappa shape index (κ3) is 5.61. The molecule has 2 heterocycles. The molecule has 2 aromatic carbocycles. The molecule has 1 fully saturated rings. The zero-order chi connectivity index (χ0) is 24.3. The molecule has 0 unspecified atom stereocenters. The van der Waals surface area contributed by atoms with Crippen molar-refractivity contribution in [2.75, 3.05) is 26.7 Å². The highest BCUT2D eigenvalue weighted by Gasteiger charge is 2.29. The third-order valence-electron chi connectivity index (χ3n) is 6.26. The molecule has 1 atom stereocenters. The molecule has 0 N–H and O–H groups in total. The first-order chi connectivity index (χ1) is 16.2. The minimum Gasteiger partial charge on any atom is -0.444 e. The first-order valence-corrected chi connectivity index (χ1v) is 12.1. The van der Waals surface area contributed by atoms with Crippen LogP contribution >= 0.6 is 0 Å². The predicted molar refractivity (Wildman–Crippen MR) is 135 cm³/mol. The van der Waals surface area contributed by atoms with Gasteiger partial charge in [0.1, 0.15) is 5.60 Å². The maximum Gasteiger partial charge on any atom is 0.410 e. The summed E-state index contributed by atoms with van der Waals surface area (Å²) in [6.07, 6.45) is 3.60. The van der Waals surface area contributed by atoms with Crippen LogP contribution in [0.1, 0.15) is 49.5 Å². The first-order valence-electron chi connectivity index (χ1n) is 12.1. The molecule has 0 bridgehead atoms. The molecule has 6 nitrogen and oxygen atoms in total. The van der Waals surface area contributed by atoms with Crippen molar-refractivity contribution >= 4 is 22.9 Å². The number of carbonyl (C=O) groups is 2. The summed E-state index contributed by atoms with van der Waals surface area (Å²) in [6, 6.07) is 18.4. The van der Waals surface area contributed by atoms with Gasteiger partial charge in [0.05, 0.1) is 5.56 Å². The molecule has 3 aromatic rings. The van der Waals surface area contributed by atoms with Gasteiger partial charge in [-0.3, -0.25) is 4.79 Å². The van der Waals surface area contributed by atoms with Crippen molar-refractivity contribution in [3.63, 3.8) is 0 Å². The summed E-state index contributed by atoms with van der Waals surface area (Å²) in [5.74, 6) is 0.292.